The average molecular weight is 368 g/mol. The Kier molecular flexibility index (Phi) is 7.11. The van der Waals surface area contributed by atoms with E-state index in [1.807, 2.05) is 19.9 Å². The molecular weight excluding hydrogens is 344 g/mol. The van der Waals surface area contributed by atoms with Crippen LogP contribution in [0.2, 0.25) is 0 Å². The van der Waals surface area contributed by atoms with Gasteiger partial charge in [-0.3, -0.25) is 14.4 Å². The van der Waals surface area contributed by atoms with E-state index in [0.29, 0.717) is 23.2 Å². The van der Waals surface area contributed by atoms with Gasteiger partial charge >= 0.3 is 5.97 Å². The number of carboxylic acid groups (broad SMARTS) is 1. The van der Waals surface area contributed by atoms with E-state index in [9.17, 15) is 19.5 Å². The summed E-state index contributed by atoms with van der Waals surface area (Å²) in [6.07, 6.45) is 0.500. The summed E-state index contributed by atoms with van der Waals surface area (Å²) in [4.78, 5) is 35.6. The van der Waals surface area contributed by atoms with Gasteiger partial charge in [0.15, 0.2) is 0 Å². The standard InChI is InChI=1S/C21H24N2O4/c1-14(2)12-17(21(26)27)13-22-19(24)16-8-10-18(11-9-16)23-20(25)15-6-4-3-5-7-15/h3-11,14,17H,12-13H2,1-2H3,(H,22,24)(H,23,25)(H,26,27). The molecule has 0 aliphatic heterocycles. The van der Waals surface area contributed by atoms with Crippen molar-refractivity contribution in [2.45, 2.75) is 20.3 Å². The van der Waals surface area contributed by atoms with E-state index in [2.05, 4.69) is 10.6 Å². The fourth-order valence-electron chi connectivity index (χ4n) is 2.66. The lowest BCUT2D eigenvalue weighted by atomic mass is 9.97. The first-order chi connectivity index (χ1) is 12.9. The van der Waals surface area contributed by atoms with Gasteiger partial charge in [-0.05, 0) is 48.7 Å². The Balaban J connectivity index is 1.93. The molecule has 1 atom stereocenters. The van der Waals surface area contributed by atoms with Crippen LogP contribution in [-0.2, 0) is 4.79 Å². The number of carbonyl (C=O) groups excluding carboxylic acids is 2. The molecule has 0 spiro atoms. The third-order valence-corrected chi connectivity index (χ3v) is 4.06. The Bertz CT molecular complexity index is 786. The molecule has 0 aliphatic carbocycles. The first kappa shape index (κ1) is 20.2. The zero-order valence-corrected chi connectivity index (χ0v) is 15.4. The van der Waals surface area contributed by atoms with E-state index in [1.54, 1.807) is 48.5 Å². The van der Waals surface area contributed by atoms with Crippen molar-refractivity contribution < 1.29 is 19.5 Å². The highest BCUT2D eigenvalue weighted by Gasteiger charge is 2.20. The Hall–Kier alpha value is -3.15. The van der Waals surface area contributed by atoms with E-state index in [4.69, 9.17) is 0 Å². The van der Waals surface area contributed by atoms with Crippen molar-refractivity contribution in [3.63, 3.8) is 0 Å². The quantitative estimate of drug-likeness (QED) is 0.665. The van der Waals surface area contributed by atoms with E-state index in [0.717, 1.165) is 0 Å². The molecule has 0 heterocycles. The number of nitrogens with one attached hydrogen (secondary N) is 2. The zero-order valence-electron chi connectivity index (χ0n) is 15.4. The van der Waals surface area contributed by atoms with E-state index >= 15 is 0 Å². The number of rotatable bonds is 8. The van der Waals surface area contributed by atoms with Crippen LogP contribution in [-0.4, -0.2) is 29.4 Å². The molecule has 2 aromatic carbocycles. The van der Waals surface area contributed by atoms with Crippen LogP contribution in [0.4, 0.5) is 5.69 Å². The summed E-state index contributed by atoms with van der Waals surface area (Å²) in [5.41, 5.74) is 1.52. The topological polar surface area (TPSA) is 95.5 Å². The summed E-state index contributed by atoms with van der Waals surface area (Å²) in [6, 6.07) is 15.3. The molecule has 2 amide bonds. The summed E-state index contributed by atoms with van der Waals surface area (Å²) >= 11 is 0. The number of benzene rings is 2. The first-order valence-corrected chi connectivity index (χ1v) is 8.84. The van der Waals surface area contributed by atoms with Crippen LogP contribution >= 0.6 is 0 Å². The maximum atomic E-state index is 12.2. The van der Waals surface area contributed by atoms with Crippen molar-refractivity contribution in [1.29, 1.82) is 0 Å². The van der Waals surface area contributed by atoms with Gasteiger partial charge in [-0.15, -0.1) is 0 Å². The van der Waals surface area contributed by atoms with Crippen molar-refractivity contribution in [2.24, 2.45) is 11.8 Å². The monoisotopic (exact) mass is 368 g/mol. The lowest BCUT2D eigenvalue weighted by molar-refractivity contribution is -0.142. The molecule has 27 heavy (non-hydrogen) atoms. The first-order valence-electron chi connectivity index (χ1n) is 8.84. The number of carboxylic acids is 1. The molecule has 0 fully saturated rings. The Labute approximate surface area is 158 Å². The minimum Gasteiger partial charge on any atom is -0.481 e. The molecule has 0 aromatic heterocycles. The molecule has 6 heteroatoms. The number of amides is 2. The molecule has 0 bridgehead atoms. The highest BCUT2D eigenvalue weighted by atomic mass is 16.4. The van der Waals surface area contributed by atoms with E-state index in [-0.39, 0.29) is 24.3 Å². The van der Waals surface area contributed by atoms with Crippen LogP contribution in [0.15, 0.2) is 54.6 Å². The fourth-order valence-corrected chi connectivity index (χ4v) is 2.66. The van der Waals surface area contributed by atoms with Gasteiger partial charge in [0.25, 0.3) is 11.8 Å². The van der Waals surface area contributed by atoms with E-state index < -0.39 is 11.9 Å². The second-order valence-corrected chi connectivity index (χ2v) is 6.77. The number of anilines is 1. The molecule has 6 nitrogen and oxygen atoms in total. The Morgan fingerprint density at radius 3 is 2.04 bits per heavy atom. The molecule has 3 N–H and O–H groups in total. The minimum atomic E-state index is -0.914. The maximum Gasteiger partial charge on any atom is 0.308 e. The fraction of sp³-hybridized carbons (Fsp3) is 0.286. The van der Waals surface area contributed by atoms with Gasteiger partial charge in [0.05, 0.1) is 5.92 Å². The van der Waals surface area contributed by atoms with Crippen LogP contribution in [0, 0.1) is 11.8 Å². The highest BCUT2D eigenvalue weighted by Crippen LogP contribution is 2.13. The van der Waals surface area contributed by atoms with Gasteiger partial charge in [-0.25, -0.2) is 0 Å². The molecular formula is C21H24N2O4. The summed E-state index contributed by atoms with van der Waals surface area (Å²) in [7, 11) is 0. The molecule has 0 aliphatic rings. The van der Waals surface area contributed by atoms with E-state index in [1.165, 1.54) is 0 Å². The SMILES string of the molecule is CC(C)CC(CNC(=O)c1ccc(NC(=O)c2ccccc2)cc1)C(=O)O. The van der Waals surface area contributed by atoms with Crippen molar-refractivity contribution >= 4 is 23.5 Å². The number of carbonyl (C=O) groups is 3. The minimum absolute atomic E-state index is 0.0822. The third-order valence-electron chi connectivity index (χ3n) is 4.06. The van der Waals surface area contributed by atoms with Gasteiger partial charge in [-0.2, -0.15) is 0 Å². The highest BCUT2D eigenvalue weighted by molar-refractivity contribution is 6.04. The average Bonchev–Trinajstić information content (AvgIpc) is 2.65. The molecule has 142 valence electrons. The summed E-state index contributed by atoms with van der Waals surface area (Å²) in [5, 5.41) is 14.7. The van der Waals surface area contributed by atoms with Crippen molar-refractivity contribution in [2.75, 3.05) is 11.9 Å². The van der Waals surface area contributed by atoms with Crippen LogP contribution < -0.4 is 10.6 Å². The second-order valence-electron chi connectivity index (χ2n) is 6.77. The summed E-state index contributed by atoms with van der Waals surface area (Å²) in [6.45, 7) is 3.97. The van der Waals surface area contributed by atoms with Crippen molar-refractivity contribution in [3.05, 3.63) is 65.7 Å². The normalized spacial score (nSPS) is 11.7. The zero-order chi connectivity index (χ0) is 19.8. The Morgan fingerprint density at radius 1 is 0.889 bits per heavy atom. The van der Waals surface area contributed by atoms with Gasteiger partial charge in [0.1, 0.15) is 0 Å². The van der Waals surface area contributed by atoms with Gasteiger partial charge in [0.2, 0.25) is 0 Å². The van der Waals surface area contributed by atoms with Crippen LogP contribution in [0.1, 0.15) is 41.0 Å². The van der Waals surface area contributed by atoms with Crippen molar-refractivity contribution in [1.82, 2.24) is 5.32 Å². The predicted molar refractivity (Wildman–Crippen MR) is 104 cm³/mol. The summed E-state index contributed by atoms with van der Waals surface area (Å²) < 4.78 is 0. The largest absolute Gasteiger partial charge is 0.481 e. The van der Waals surface area contributed by atoms with Crippen LogP contribution in [0.3, 0.4) is 0 Å². The second kappa shape index (κ2) is 9.52. The van der Waals surface area contributed by atoms with Gasteiger partial charge < -0.3 is 15.7 Å². The molecule has 1 unspecified atom stereocenters. The lowest BCUT2D eigenvalue weighted by Gasteiger charge is -2.15. The predicted octanol–water partition coefficient (Wildman–Crippen LogP) is 3.42. The Morgan fingerprint density at radius 2 is 1.48 bits per heavy atom. The van der Waals surface area contributed by atoms with Gasteiger partial charge in [0, 0.05) is 23.4 Å². The van der Waals surface area contributed by atoms with Gasteiger partial charge in [-0.1, -0.05) is 32.0 Å². The van der Waals surface area contributed by atoms with Crippen molar-refractivity contribution in [3.8, 4) is 0 Å². The number of hydrogen-bond donors (Lipinski definition) is 3. The van der Waals surface area contributed by atoms with Crippen LogP contribution in [0.25, 0.3) is 0 Å². The third kappa shape index (κ3) is 6.26. The smallest absolute Gasteiger partial charge is 0.308 e. The molecule has 2 aromatic rings. The molecule has 0 saturated heterocycles. The molecule has 0 saturated carbocycles. The summed E-state index contributed by atoms with van der Waals surface area (Å²) in [5.74, 6) is -1.87. The molecule has 2 rings (SSSR count). The maximum absolute atomic E-state index is 12.2. The lowest BCUT2D eigenvalue weighted by Crippen LogP contribution is -2.33. The molecule has 0 radical (unpaired) electrons. The van der Waals surface area contributed by atoms with Crippen LogP contribution in [0.5, 0.6) is 0 Å². The number of aliphatic carboxylic acids is 1. The number of hydrogen-bond acceptors (Lipinski definition) is 3.